The number of fused-ring (bicyclic) bond motifs is 1. The fourth-order valence-corrected chi connectivity index (χ4v) is 3.46. The second kappa shape index (κ2) is 4.01. The molecule has 1 aliphatic heterocycles. The number of nitrogens with zero attached hydrogens (tertiary/aromatic N) is 2. The Morgan fingerprint density at radius 1 is 1.50 bits per heavy atom. The number of hydrogen-bond acceptors (Lipinski definition) is 3. The quantitative estimate of drug-likeness (QED) is 0.867. The van der Waals surface area contributed by atoms with Crippen LogP contribution in [-0.2, 0) is 6.42 Å². The van der Waals surface area contributed by atoms with Gasteiger partial charge in [-0.15, -0.1) is 0 Å². The van der Waals surface area contributed by atoms with Crippen LogP contribution in [0.2, 0.25) is 0 Å². The van der Waals surface area contributed by atoms with Crippen molar-refractivity contribution < 1.29 is 5.11 Å². The van der Waals surface area contributed by atoms with Crippen LogP contribution in [0, 0.1) is 0 Å². The predicted molar refractivity (Wildman–Crippen MR) is 66.0 cm³/mol. The third kappa shape index (κ3) is 1.78. The Balaban J connectivity index is 1.93. The second-order valence-electron chi connectivity index (χ2n) is 4.20. The van der Waals surface area contributed by atoms with Gasteiger partial charge < -0.3 is 5.11 Å². The van der Waals surface area contributed by atoms with Crippen molar-refractivity contribution in [2.75, 3.05) is 5.75 Å². The van der Waals surface area contributed by atoms with E-state index >= 15 is 0 Å². The van der Waals surface area contributed by atoms with Crippen molar-refractivity contribution in [1.29, 1.82) is 0 Å². The number of imidazole rings is 1. The lowest BCUT2D eigenvalue weighted by Gasteiger charge is -2.07. The molecule has 1 unspecified atom stereocenters. The standard InChI is InChI=1S/C12H14N2OS/c15-10-4-3-9-7-13-12(14(9)8-10)6-11-2-1-5-16-11/h3-4,7-8,11,15H,1-2,5-6H2. The average Bonchev–Trinajstić information content (AvgIpc) is 2.90. The lowest BCUT2D eigenvalue weighted by atomic mass is 10.2. The van der Waals surface area contributed by atoms with Crippen LogP contribution in [0.1, 0.15) is 18.7 Å². The molecule has 0 saturated carbocycles. The zero-order chi connectivity index (χ0) is 11.0. The van der Waals surface area contributed by atoms with E-state index in [9.17, 15) is 5.11 Å². The van der Waals surface area contributed by atoms with Crippen LogP contribution in [0.5, 0.6) is 5.75 Å². The van der Waals surface area contributed by atoms with E-state index in [-0.39, 0.29) is 0 Å². The number of hydrogen-bond donors (Lipinski definition) is 1. The van der Waals surface area contributed by atoms with Crippen molar-refractivity contribution in [2.45, 2.75) is 24.5 Å². The van der Waals surface area contributed by atoms with Crippen molar-refractivity contribution in [3.63, 3.8) is 0 Å². The van der Waals surface area contributed by atoms with Gasteiger partial charge in [0.15, 0.2) is 0 Å². The molecule has 0 aliphatic carbocycles. The number of aromatic nitrogens is 2. The van der Waals surface area contributed by atoms with E-state index in [1.54, 1.807) is 12.3 Å². The monoisotopic (exact) mass is 234 g/mol. The highest BCUT2D eigenvalue weighted by Gasteiger charge is 2.18. The van der Waals surface area contributed by atoms with Gasteiger partial charge in [-0.3, -0.25) is 4.40 Å². The highest BCUT2D eigenvalue weighted by molar-refractivity contribution is 8.00. The van der Waals surface area contributed by atoms with Crippen LogP contribution in [0.4, 0.5) is 0 Å². The predicted octanol–water partition coefficient (Wildman–Crippen LogP) is 2.48. The van der Waals surface area contributed by atoms with Crippen molar-refractivity contribution >= 4 is 17.3 Å². The van der Waals surface area contributed by atoms with E-state index in [0.29, 0.717) is 11.0 Å². The first-order chi connectivity index (χ1) is 7.83. The SMILES string of the molecule is Oc1ccc2cnc(CC3CCCS3)n2c1. The second-order valence-corrected chi connectivity index (χ2v) is 5.60. The number of pyridine rings is 1. The summed E-state index contributed by atoms with van der Waals surface area (Å²) in [5.74, 6) is 2.63. The number of thioether (sulfide) groups is 1. The minimum absolute atomic E-state index is 0.297. The molecule has 1 saturated heterocycles. The van der Waals surface area contributed by atoms with Gasteiger partial charge in [0.1, 0.15) is 11.6 Å². The van der Waals surface area contributed by atoms with Gasteiger partial charge in [-0.2, -0.15) is 11.8 Å². The van der Waals surface area contributed by atoms with E-state index < -0.39 is 0 Å². The molecule has 3 nitrogen and oxygen atoms in total. The molecule has 4 heteroatoms. The lowest BCUT2D eigenvalue weighted by molar-refractivity contribution is 0.471. The summed E-state index contributed by atoms with van der Waals surface area (Å²) in [5, 5.41) is 10.2. The molecule has 1 atom stereocenters. The maximum Gasteiger partial charge on any atom is 0.132 e. The minimum Gasteiger partial charge on any atom is -0.506 e. The molecule has 1 fully saturated rings. The molecule has 84 valence electrons. The first-order valence-electron chi connectivity index (χ1n) is 5.59. The fourth-order valence-electron chi connectivity index (χ4n) is 2.19. The van der Waals surface area contributed by atoms with Gasteiger partial charge in [0.2, 0.25) is 0 Å². The van der Waals surface area contributed by atoms with Crippen molar-refractivity contribution in [1.82, 2.24) is 9.38 Å². The topological polar surface area (TPSA) is 37.5 Å². The van der Waals surface area contributed by atoms with E-state index in [1.165, 1.54) is 18.6 Å². The summed E-state index contributed by atoms with van der Waals surface area (Å²) in [7, 11) is 0. The summed E-state index contributed by atoms with van der Waals surface area (Å²) in [5.41, 5.74) is 1.05. The third-order valence-corrected chi connectivity index (χ3v) is 4.42. The van der Waals surface area contributed by atoms with Crippen LogP contribution in [0.3, 0.4) is 0 Å². The lowest BCUT2D eigenvalue weighted by Crippen LogP contribution is -2.05. The molecule has 0 radical (unpaired) electrons. The average molecular weight is 234 g/mol. The highest BCUT2D eigenvalue weighted by atomic mass is 32.2. The van der Waals surface area contributed by atoms with E-state index in [0.717, 1.165) is 17.8 Å². The van der Waals surface area contributed by atoms with Gasteiger partial charge in [0.05, 0.1) is 17.9 Å². The molecular formula is C12H14N2OS. The minimum atomic E-state index is 0.297. The summed E-state index contributed by atoms with van der Waals surface area (Å²) in [4.78, 5) is 4.44. The molecule has 1 N–H and O–H groups in total. The van der Waals surface area contributed by atoms with Gasteiger partial charge in [-0.25, -0.2) is 4.98 Å². The van der Waals surface area contributed by atoms with Crippen LogP contribution < -0.4 is 0 Å². The molecule has 0 spiro atoms. The van der Waals surface area contributed by atoms with Crippen LogP contribution in [0.15, 0.2) is 24.5 Å². The van der Waals surface area contributed by atoms with Crippen LogP contribution >= 0.6 is 11.8 Å². The maximum atomic E-state index is 9.48. The molecule has 16 heavy (non-hydrogen) atoms. The van der Waals surface area contributed by atoms with Gasteiger partial charge in [-0.1, -0.05) is 0 Å². The maximum absolute atomic E-state index is 9.48. The molecule has 2 aromatic heterocycles. The Hall–Kier alpha value is -1.16. The fraction of sp³-hybridized carbons (Fsp3) is 0.417. The van der Waals surface area contributed by atoms with Crippen LogP contribution in [-0.4, -0.2) is 25.5 Å². The van der Waals surface area contributed by atoms with Gasteiger partial charge >= 0.3 is 0 Å². The highest BCUT2D eigenvalue weighted by Crippen LogP contribution is 2.29. The Bertz CT molecular complexity index is 503. The Labute approximate surface area is 98.5 Å². The zero-order valence-electron chi connectivity index (χ0n) is 8.97. The summed E-state index contributed by atoms with van der Waals surface area (Å²) >= 11 is 2.04. The molecule has 0 aromatic carbocycles. The Kier molecular flexibility index (Phi) is 2.52. The Morgan fingerprint density at radius 2 is 2.44 bits per heavy atom. The van der Waals surface area contributed by atoms with Gasteiger partial charge in [-0.05, 0) is 30.7 Å². The summed E-state index contributed by atoms with van der Waals surface area (Å²) in [6.07, 6.45) is 7.23. The van der Waals surface area contributed by atoms with E-state index in [2.05, 4.69) is 4.98 Å². The van der Waals surface area contributed by atoms with Gasteiger partial charge in [0.25, 0.3) is 0 Å². The number of rotatable bonds is 2. The molecule has 0 amide bonds. The molecule has 3 rings (SSSR count). The largest absolute Gasteiger partial charge is 0.506 e. The van der Waals surface area contributed by atoms with Crippen molar-refractivity contribution in [3.8, 4) is 5.75 Å². The summed E-state index contributed by atoms with van der Waals surface area (Å²) in [6, 6.07) is 3.60. The number of aromatic hydroxyl groups is 1. The Morgan fingerprint density at radius 3 is 3.25 bits per heavy atom. The molecule has 2 aromatic rings. The molecular weight excluding hydrogens is 220 g/mol. The van der Waals surface area contributed by atoms with Crippen molar-refractivity contribution in [2.24, 2.45) is 0 Å². The molecule has 0 bridgehead atoms. The first kappa shape index (κ1) is 10.0. The molecule has 1 aliphatic rings. The first-order valence-corrected chi connectivity index (χ1v) is 6.64. The zero-order valence-corrected chi connectivity index (χ0v) is 9.78. The van der Waals surface area contributed by atoms with E-state index in [4.69, 9.17) is 0 Å². The summed E-state index contributed by atoms with van der Waals surface area (Å²) < 4.78 is 1.99. The summed E-state index contributed by atoms with van der Waals surface area (Å²) in [6.45, 7) is 0. The van der Waals surface area contributed by atoms with E-state index in [1.807, 2.05) is 28.4 Å². The normalized spacial score (nSPS) is 20.6. The van der Waals surface area contributed by atoms with Crippen LogP contribution in [0.25, 0.3) is 5.52 Å². The smallest absolute Gasteiger partial charge is 0.132 e. The van der Waals surface area contributed by atoms with Gasteiger partial charge in [0, 0.05) is 11.7 Å². The molecule has 3 heterocycles. The van der Waals surface area contributed by atoms with Crippen molar-refractivity contribution in [3.05, 3.63) is 30.4 Å². The third-order valence-electron chi connectivity index (χ3n) is 3.02.